The van der Waals surface area contributed by atoms with Crippen molar-refractivity contribution in [2.75, 3.05) is 0 Å². The molecule has 0 aliphatic carbocycles. The van der Waals surface area contributed by atoms with E-state index < -0.39 is 25.8 Å². The number of halogens is 3. The second-order valence-electron chi connectivity index (χ2n) is 7.07. The van der Waals surface area contributed by atoms with Gasteiger partial charge < -0.3 is 4.80 Å². The Bertz CT molecular complexity index is 495. The Morgan fingerprint density at radius 3 is 1.91 bits per heavy atom. The van der Waals surface area contributed by atoms with Gasteiger partial charge in [-0.05, 0) is 41.6 Å². The van der Waals surface area contributed by atoms with Crippen molar-refractivity contribution in [2.24, 2.45) is 0 Å². The van der Waals surface area contributed by atoms with E-state index in [1.54, 1.807) is 0 Å². The van der Waals surface area contributed by atoms with Gasteiger partial charge in [-0.1, -0.05) is 47.0 Å². The molecule has 0 saturated carbocycles. The van der Waals surface area contributed by atoms with E-state index in [4.69, 9.17) is 0 Å². The fourth-order valence-corrected chi connectivity index (χ4v) is 6.38. The van der Waals surface area contributed by atoms with Gasteiger partial charge in [0.1, 0.15) is 5.82 Å². The molecule has 0 atom stereocenters. The summed E-state index contributed by atoms with van der Waals surface area (Å²) in [6.07, 6.45) is 4.00. The Morgan fingerprint density at radius 2 is 1.35 bits per heavy atom. The fraction of sp³-hybridized carbons (Fsp3) is 0.667. The maximum atomic E-state index is 13.5. The van der Waals surface area contributed by atoms with Gasteiger partial charge in [0.25, 0.3) is 0 Å². The van der Waals surface area contributed by atoms with Crippen LogP contribution in [0.3, 0.4) is 0 Å². The van der Waals surface area contributed by atoms with Crippen LogP contribution < -0.4 is 0 Å². The van der Waals surface area contributed by atoms with Crippen LogP contribution >= 0.6 is 0 Å². The molecule has 0 heterocycles. The van der Waals surface area contributed by atoms with Crippen molar-refractivity contribution in [1.82, 2.24) is 0 Å². The second-order valence-corrected chi connectivity index (χ2v) is 11.9. The molecule has 1 N–H and O–H groups in total. The van der Waals surface area contributed by atoms with E-state index in [1.807, 2.05) is 0 Å². The third-order valence-electron chi connectivity index (χ3n) is 4.86. The predicted octanol–water partition coefficient (Wildman–Crippen LogP) is 5.96. The zero-order valence-corrected chi connectivity index (χ0v) is 15.6. The van der Waals surface area contributed by atoms with Crippen molar-refractivity contribution in [3.63, 3.8) is 0 Å². The number of unbranched alkanes of at least 4 members (excludes halogenated alkanes) is 3. The molecule has 1 rings (SSSR count). The Kier molecular flexibility index (Phi) is 7.81. The van der Waals surface area contributed by atoms with Gasteiger partial charge in [0.05, 0.1) is 0 Å². The summed E-state index contributed by atoms with van der Waals surface area (Å²) in [7, 11) is -2.20. The number of benzene rings is 1. The van der Waals surface area contributed by atoms with Gasteiger partial charge >= 0.3 is 0 Å². The lowest BCUT2D eigenvalue weighted by Crippen LogP contribution is -2.41. The highest BCUT2D eigenvalue weighted by Crippen LogP contribution is 2.34. The van der Waals surface area contributed by atoms with E-state index in [2.05, 4.69) is 27.7 Å². The zero-order valence-electron chi connectivity index (χ0n) is 14.6. The molecule has 0 saturated heterocycles. The maximum Gasteiger partial charge on any atom is 0.193 e. The van der Waals surface area contributed by atoms with Crippen molar-refractivity contribution >= 4 is 8.32 Å². The van der Waals surface area contributed by atoms with Crippen LogP contribution in [-0.4, -0.2) is 13.1 Å². The van der Waals surface area contributed by atoms with E-state index in [0.29, 0.717) is 23.6 Å². The lowest BCUT2D eigenvalue weighted by atomic mass is 10.1. The average molecular weight is 347 g/mol. The van der Waals surface area contributed by atoms with Crippen molar-refractivity contribution in [3.8, 4) is 0 Å². The average Bonchev–Trinajstić information content (AvgIpc) is 2.46. The fourth-order valence-electron chi connectivity index (χ4n) is 3.08. The van der Waals surface area contributed by atoms with Crippen LogP contribution in [0.1, 0.15) is 58.9 Å². The molecule has 0 bridgehead atoms. The number of hydrogen-bond donors (Lipinski definition) is 1. The third-order valence-corrected chi connectivity index (χ3v) is 10.0. The summed E-state index contributed by atoms with van der Waals surface area (Å²) in [6.45, 7) is 8.38. The van der Waals surface area contributed by atoms with Gasteiger partial charge in [-0.2, -0.15) is 0 Å². The summed E-state index contributed by atoms with van der Waals surface area (Å²) in [4.78, 5) is 10.8. The van der Waals surface area contributed by atoms with Crippen LogP contribution in [0, 0.1) is 17.5 Å². The summed E-state index contributed by atoms with van der Waals surface area (Å²) < 4.78 is 39.5. The minimum atomic E-state index is -2.20. The Hall–Kier alpha value is -0.813. The van der Waals surface area contributed by atoms with Crippen molar-refractivity contribution in [3.05, 3.63) is 35.1 Å². The summed E-state index contributed by atoms with van der Waals surface area (Å²) in [5.74, 6) is -2.81. The number of rotatable bonds is 9. The molecule has 0 amide bonds. The highest BCUT2D eigenvalue weighted by atomic mass is 28.4. The van der Waals surface area contributed by atoms with Gasteiger partial charge in [0, 0.05) is 6.07 Å². The molecule has 0 aromatic heterocycles. The minimum absolute atomic E-state index is 0.235. The molecule has 132 valence electrons. The standard InChI is InChI=1S/C18H29F3OSi/c1-13(2)23(22,14(3)4)10-8-6-5-7-9-15-11-17(20)18(21)12-16(15)19/h11-14,22H,5-10H2,1-4H3. The predicted molar refractivity (Wildman–Crippen MR) is 91.5 cm³/mol. The summed E-state index contributed by atoms with van der Waals surface area (Å²) >= 11 is 0. The van der Waals surface area contributed by atoms with E-state index in [-0.39, 0.29) is 5.56 Å². The summed E-state index contributed by atoms with van der Waals surface area (Å²) in [5, 5.41) is 0. The molecular weight excluding hydrogens is 317 g/mol. The molecule has 1 nitrogen and oxygen atoms in total. The van der Waals surface area contributed by atoms with E-state index >= 15 is 0 Å². The normalized spacial score (nSPS) is 12.4. The van der Waals surface area contributed by atoms with Gasteiger partial charge in [0.2, 0.25) is 0 Å². The van der Waals surface area contributed by atoms with E-state index in [0.717, 1.165) is 37.8 Å². The van der Waals surface area contributed by atoms with E-state index in [9.17, 15) is 18.0 Å². The monoisotopic (exact) mass is 346 g/mol. The van der Waals surface area contributed by atoms with Crippen LogP contribution in [0.25, 0.3) is 0 Å². The van der Waals surface area contributed by atoms with E-state index in [1.165, 1.54) is 0 Å². The lowest BCUT2D eigenvalue weighted by Gasteiger charge is -2.33. The first-order valence-corrected chi connectivity index (χ1v) is 10.8. The van der Waals surface area contributed by atoms with Gasteiger partial charge in [-0.3, -0.25) is 0 Å². The van der Waals surface area contributed by atoms with Crippen LogP contribution in [0.15, 0.2) is 12.1 Å². The van der Waals surface area contributed by atoms with Crippen LogP contribution in [0.4, 0.5) is 13.2 Å². The summed E-state index contributed by atoms with van der Waals surface area (Å²) in [5.41, 5.74) is 0.928. The van der Waals surface area contributed by atoms with Crippen molar-refractivity contribution < 1.29 is 18.0 Å². The van der Waals surface area contributed by atoms with Crippen molar-refractivity contribution in [1.29, 1.82) is 0 Å². The number of aryl methyl sites for hydroxylation is 1. The van der Waals surface area contributed by atoms with Crippen LogP contribution in [-0.2, 0) is 6.42 Å². The molecule has 0 fully saturated rings. The highest BCUT2D eigenvalue weighted by Gasteiger charge is 2.37. The quantitative estimate of drug-likeness (QED) is 0.332. The molecule has 0 unspecified atom stereocenters. The molecule has 1 aromatic rings. The second kappa shape index (κ2) is 8.88. The third kappa shape index (κ3) is 5.64. The molecule has 5 heteroatoms. The first-order valence-electron chi connectivity index (χ1n) is 8.54. The largest absolute Gasteiger partial charge is 0.431 e. The van der Waals surface area contributed by atoms with Crippen LogP contribution in [0.2, 0.25) is 17.1 Å². The van der Waals surface area contributed by atoms with Gasteiger partial charge in [0.15, 0.2) is 20.0 Å². The first-order chi connectivity index (χ1) is 10.7. The van der Waals surface area contributed by atoms with Gasteiger partial charge in [-0.15, -0.1) is 0 Å². The summed E-state index contributed by atoms with van der Waals surface area (Å²) in [6, 6.07) is 2.46. The Morgan fingerprint density at radius 1 is 0.826 bits per heavy atom. The maximum absolute atomic E-state index is 13.5. The SMILES string of the molecule is CC(C)[Si](O)(CCCCCCc1cc(F)c(F)cc1F)C(C)C. The topological polar surface area (TPSA) is 20.2 Å². The Labute approximate surface area is 139 Å². The molecule has 0 aliphatic heterocycles. The van der Waals surface area contributed by atoms with Gasteiger partial charge in [-0.25, -0.2) is 13.2 Å². The van der Waals surface area contributed by atoms with Crippen LogP contribution in [0.5, 0.6) is 0 Å². The smallest absolute Gasteiger partial charge is 0.193 e. The number of hydrogen-bond acceptors (Lipinski definition) is 1. The highest BCUT2D eigenvalue weighted by molar-refractivity contribution is 6.75. The first kappa shape index (κ1) is 20.2. The lowest BCUT2D eigenvalue weighted by molar-refractivity contribution is 0.480. The Balaban J connectivity index is 2.35. The minimum Gasteiger partial charge on any atom is -0.431 e. The molecule has 0 radical (unpaired) electrons. The molecule has 23 heavy (non-hydrogen) atoms. The molecule has 0 aliphatic rings. The van der Waals surface area contributed by atoms with Crippen molar-refractivity contribution in [2.45, 2.75) is 76.9 Å². The molecular formula is C18H29F3OSi. The molecule has 0 spiro atoms. The molecule has 1 aromatic carbocycles. The zero-order chi connectivity index (χ0) is 17.6.